The van der Waals surface area contributed by atoms with E-state index in [0.717, 1.165) is 58.0 Å². The number of fused-ring (bicyclic) bond motifs is 1. The maximum Gasteiger partial charge on any atom is 0.263 e. The Bertz CT molecular complexity index is 1020. The molecule has 9 heteroatoms. The molecule has 3 aliphatic rings. The van der Waals surface area contributed by atoms with Crippen LogP contribution < -0.4 is 4.72 Å². The zero-order valence-electron chi connectivity index (χ0n) is 20.0. The van der Waals surface area contributed by atoms with Gasteiger partial charge in [0.25, 0.3) is 10.0 Å². The second kappa shape index (κ2) is 10.9. The number of hydrogen-bond donors (Lipinski definition) is 1. The third-order valence-corrected chi connectivity index (χ3v) is 8.67. The summed E-state index contributed by atoms with van der Waals surface area (Å²) in [5.74, 6) is 1.63. The highest BCUT2D eigenvalue weighted by Gasteiger charge is 2.32. The number of nitrogens with zero attached hydrogens (tertiary/aromatic N) is 3. The lowest BCUT2D eigenvalue weighted by Gasteiger charge is -2.36. The van der Waals surface area contributed by atoms with Crippen molar-refractivity contribution in [1.29, 1.82) is 0 Å². The first kappa shape index (κ1) is 24.7. The number of nitrogens with one attached hydrogen (secondary N) is 1. The molecule has 1 N–H and O–H groups in total. The van der Waals surface area contributed by atoms with E-state index in [9.17, 15) is 18.0 Å². The van der Waals surface area contributed by atoms with Gasteiger partial charge < -0.3 is 9.80 Å². The number of unbranched alkanes of at least 4 members (excludes halogenated alkanes) is 2. The molecular weight excluding hydrogens is 452 g/mol. The summed E-state index contributed by atoms with van der Waals surface area (Å²) in [7, 11) is -3.50. The third kappa shape index (κ3) is 5.79. The summed E-state index contributed by atoms with van der Waals surface area (Å²) in [6, 6.07) is 6.84. The van der Waals surface area contributed by atoms with Gasteiger partial charge in [0, 0.05) is 50.6 Å². The van der Waals surface area contributed by atoms with Crippen molar-refractivity contribution in [3.05, 3.63) is 29.8 Å². The molecule has 8 nitrogen and oxygen atoms in total. The number of benzene rings is 1. The van der Waals surface area contributed by atoms with Crippen LogP contribution in [0.15, 0.2) is 34.2 Å². The minimum atomic E-state index is -3.50. The Balaban J connectivity index is 1.13. The molecule has 2 fully saturated rings. The van der Waals surface area contributed by atoms with Crippen molar-refractivity contribution in [2.75, 3.05) is 32.7 Å². The number of rotatable bonds is 7. The largest absolute Gasteiger partial charge is 0.343 e. The number of likely N-dealkylation sites (tertiary alicyclic amines) is 2. The lowest BCUT2D eigenvalue weighted by Crippen LogP contribution is -2.46. The number of carbonyl (C=O) groups excluding carboxylic acids is 2. The molecular formula is C25H36N4O4S. The zero-order valence-corrected chi connectivity index (χ0v) is 20.9. The number of aliphatic imine (C=N–C) groups is 1. The molecule has 0 radical (unpaired) electrons. The van der Waals surface area contributed by atoms with Gasteiger partial charge in [-0.25, -0.2) is 8.42 Å². The third-order valence-electron chi connectivity index (χ3n) is 7.27. The summed E-state index contributed by atoms with van der Waals surface area (Å²) in [6.45, 7) is 5.87. The highest BCUT2D eigenvalue weighted by atomic mass is 32.2. The topological polar surface area (TPSA) is 99.2 Å². The summed E-state index contributed by atoms with van der Waals surface area (Å²) in [4.78, 5) is 34.0. The summed E-state index contributed by atoms with van der Waals surface area (Å²) in [5.41, 5.74) is 0.620. The van der Waals surface area contributed by atoms with Crippen LogP contribution in [0.1, 0.15) is 63.9 Å². The van der Waals surface area contributed by atoms with Crippen LogP contribution in [-0.2, 0) is 19.6 Å². The summed E-state index contributed by atoms with van der Waals surface area (Å²) >= 11 is 0. The second-order valence-electron chi connectivity index (χ2n) is 9.81. The van der Waals surface area contributed by atoms with Gasteiger partial charge in [-0.1, -0.05) is 25.5 Å². The van der Waals surface area contributed by atoms with Crippen molar-refractivity contribution < 1.29 is 18.0 Å². The molecule has 1 aromatic carbocycles. The predicted octanol–water partition coefficient (Wildman–Crippen LogP) is 2.78. The Morgan fingerprint density at radius 1 is 0.971 bits per heavy atom. The lowest BCUT2D eigenvalue weighted by molar-refractivity contribution is -0.141. The van der Waals surface area contributed by atoms with E-state index in [2.05, 4.69) is 16.6 Å². The molecule has 1 aromatic rings. The van der Waals surface area contributed by atoms with Crippen molar-refractivity contribution in [2.45, 2.75) is 63.2 Å². The molecule has 0 spiro atoms. The summed E-state index contributed by atoms with van der Waals surface area (Å²) in [6.07, 6.45) is 6.69. The first-order chi connectivity index (χ1) is 16.3. The van der Waals surface area contributed by atoms with Gasteiger partial charge in [0.2, 0.25) is 11.8 Å². The predicted molar refractivity (Wildman–Crippen MR) is 131 cm³/mol. The number of piperidine rings is 2. The van der Waals surface area contributed by atoms with Crippen LogP contribution in [0.5, 0.6) is 0 Å². The van der Waals surface area contributed by atoms with Crippen molar-refractivity contribution in [2.24, 2.45) is 16.8 Å². The van der Waals surface area contributed by atoms with E-state index < -0.39 is 10.0 Å². The van der Waals surface area contributed by atoms with Crippen molar-refractivity contribution >= 4 is 27.7 Å². The van der Waals surface area contributed by atoms with Crippen LogP contribution in [0, 0.1) is 11.8 Å². The zero-order chi connectivity index (χ0) is 24.1. The van der Waals surface area contributed by atoms with Crippen molar-refractivity contribution in [3.63, 3.8) is 0 Å². The average molecular weight is 489 g/mol. The van der Waals surface area contributed by atoms with Crippen LogP contribution in [0.3, 0.4) is 0 Å². The van der Waals surface area contributed by atoms with Gasteiger partial charge >= 0.3 is 0 Å². The van der Waals surface area contributed by atoms with Crippen LogP contribution in [0.25, 0.3) is 0 Å². The number of hydrogen-bond acceptors (Lipinski definition) is 5. The van der Waals surface area contributed by atoms with E-state index in [-0.39, 0.29) is 22.6 Å². The van der Waals surface area contributed by atoms with Crippen molar-refractivity contribution in [1.82, 2.24) is 14.5 Å². The number of sulfonamides is 1. The lowest BCUT2D eigenvalue weighted by atomic mass is 9.92. The standard InChI is InChI=1S/C25H36N4O4S/c1-19-10-15-29(16-11-19)25(31)20-12-17-28(18-13-20)23(30)9-3-2-6-14-26-24-21-7-4-5-8-22(21)34(32,33)27-24/h4-5,7-8,19-20H,2-3,6,9-18H2,1H3,(H,26,27). The Labute approximate surface area is 202 Å². The van der Waals surface area contributed by atoms with Crippen LogP contribution >= 0.6 is 0 Å². The highest BCUT2D eigenvalue weighted by Crippen LogP contribution is 2.25. The average Bonchev–Trinajstić information content (AvgIpc) is 3.11. The van der Waals surface area contributed by atoms with E-state index >= 15 is 0 Å². The van der Waals surface area contributed by atoms with Crippen LogP contribution in [-0.4, -0.2) is 68.6 Å². The summed E-state index contributed by atoms with van der Waals surface area (Å²) in [5, 5.41) is 0. The molecule has 0 saturated carbocycles. The van der Waals surface area contributed by atoms with Crippen molar-refractivity contribution in [3.8, 4) is 0 Å². The van der Waals surface area contributed by atoms with Gasteiger partial charge in [-0.15, -0.1) is 0 Å². The molecule has 3 heterocycles. The second-order valence-corrected chi connectivity index (χ2v) is 11.5. The smallest absolute Gasteiger partial charge is 0.263 e. The quantitative estimate of drug-likeness (QED) is 0.597. The first-order valence-corrected chi connectivity index (χ1v) is 14.1. The van der Waals surface area contributed by atoms with Crippen LogP contribution in [0.2, 0.25) is 0 Å². The monoisotopic (exact) mass is 488 g/mol. The Morgan fingerprint density at radius 3 is 2.38 bits per heavy atom. The molecule has 186 valence electrons. The normalized spacial score (nSPS) is 22.0. The molecule has 0 atom stereocenters. The van der Waals surface area contributed by atoms with Gasteiger partial charge in [-0.05, 0) is 56.6 Å². The maximum atomic E-state index is 12.8. The fraction of sp³-hybridized carbons (Fsp3) is 0.640. The minimum Gasteiger partial charge on any atom is -0.343 e. The van der Waals surface area contributed by atoms with E-state index in [0.29, 0.717) is 43.4 Å². The maximum absolute atomic E-state index is 12.8. The van der Waals surface area contributed by atoms with E-state index in [4.69, 9.17) is 0 Å². The Kier molecular flexibility index (Phi) is 7.91. The molecule has 4 rings (SSSR count). The molecule has 0 aromatic heterocycles. The number of amides is 2. The van der Waals surface area contributed by atoms with E-state index in [1.165, 1.54) is 0 Å². The molecule has 34 heavy (non-hydrogen) atoms. The number of carbonyl (C=O) groups is 2. The van der Waals surface area contributed by atoms with Gasteiger partial charge in [-0.2, -0.15) is 0 Å². The van der Waals surface area contributed by atoms with Gasteiger partial charge in [0.15, 0.2) is 0 Å². The van der Waals surface area contributed by atoms with Gasteiger partial charge in [0.05, 0.1) is 4.90 Å². The van der Waals surface area contributed by atoms with Crippen LogP contribution in [0.4, 0.5) is 0 Å². The number of amidine groups is 1. The minimum absolute atomic E-state index is 0.0645. The molecule has 0 unspecified atom stereocenters. The van der Waals surface area contributed by atoms with Gasteiger partial charge in [0.1, 0.15) is 5.84 Å². The van der Waals surface area contributed by atoms with E-state index in [1.807, 2.05) is 9.80 Å². The Hall–Kier alpha value is -2.42. The summed E-state index contributed by atoms with van der Waals surface area (Å²) < 4.78 is 26.8. The molecule has 2 saturated heterocycles. The Morgan fingerprint density at radius 2 is 1.65 bits per heavy atom. The molecule has 0 bridgehead atoms. The fourth-order valence-electron chi connectivity index (χ4n) is 5.03. The molecule has 3 aliphatic heterocycles. The van der Waals surface area contributed by atoms with Gasteiger partial charge in [-0.3, -0.25) is 19.3 Å². The molecule has 0 aliphatic carbocycles. The molecule has 2 amide bonds. The SMILES string of the molecule is CC1CCN(C(=O)C2CCN(C(=O)CCCCCN=C3NS(=O)(=O)c4ccccc43)CC2)CC1. The first-order valence-electron chi connectivity index (χ1n) is 12.6. The highest BCUT2D eigenvalue weighted by molar-refractivity contribution is 7.90. The fourth-order valence-corrected chi connectivity index (χ4v) is 6.28. The van der Waals surface area contributed by atoms with E-state index in [1.54, 1.807) is 24.3 Å².